The van der Waals surface area contributed by atoms with E-state index in [2.05, 4.69) is 20.5 Å². The second-order valence-corrected chi connectivity index (χ2v) is 4.58. The van der Waals surface area contributed by atoms with Crippen LogP contribution in [0.4, 0.5) is 0 Å². The molecule has 0 aliphatic heterocycles. The van der Waals surface area contributed by atoms with Crippen molar-refractivity contribution in [2.45, 2.75) is 24.4 Å². The van der Waals surface area contributed by atoms with Crippen LogP contribution in [0.2, 0.25) is 0 Å². The molecule has 2 aromatic heterocycles. The summed E-state index contributed by atoms with van der Waals surface area (Å²) in [5.41, 5.74) is 0.922. The molecule has 2 heterocycles. The van der Waals surface area contributed by atoms with E-state index in [-0.39, 0.29) is 0 Å². The third-order valence-corrected chi connectivity index (χ3v) is 3.33. The van der Waals surface area contributed by atoms with Gasteiger partial charge in [0.2, 0.25) is 0 Å². The van der Waals surface area contributed by atoms with Gasteiger partial charge in [-0.15, -0.1) is 10.2 Å². The predicted molar refractivity (Wildman–Crippen MR) is 64.6 cm³/mol. The lowest BCUT2D eigenvalue weighted by Gasteiger charge is -2.01. The van der Waals surface area contributed by atoms with E-state index in [4.69, 9.17) is 4.42 Å². The summed E-state index contributed by atoms with van der Waals surface area (Å²) in [5, 5.41) is 12.2. The van der Waals surface area contributed by atoms with Gasteiger partial charge in [-0.3, -0.25) is 0 Å². The van der Waals surface area contributed by atoms with Crippen LogP contribution < -0.4 is 5.32 Å². The number of hydrogen-bond donors (Lipinski definition) is 1. The molecule has 0 unspecified atom stereocenters. The molecule has 2 aromatic rings. The van der Waals surface area contributed by atoms with E-state index in [0.29, 0.717) is 12.4 Å². The maximum atomic E-state index is 5.15. The number of nitrogens with zero attached hydrogens (tertiary/aromatic N) is 4. The summed E-state index contributed by atoms with van der Waals surface area (Å²) >= 11 is 1.60. The molecule has 7 heteroatoms. The molecule has 0 bridgehead atoms. The standard InChI is InChI=1S/C10H15N5OS/c1-7-12-8(5-16-7)6-17-10-14-13-9(4-11-2)15(10)3/h5,11H,4,6H2,1-3H3. The topological polar surface area (TPSA) is 68.8 Å². The molecule has 17 heavy (non-hydrogen) atoms. The molecule has 0 amide bonds. The van der Waals surface area contributed by atoms with Gasteiger partial charge >= 0.3 is 0 Å². The fraction of sp³-hybridized carbons (Fsp3) is 0.500. The van der Waals surface area contributed by atoms with Crippen molar-refractivity contribution in [2.24, 2.45) is 7.05 Å². The molecule has 0 radical (unpaired) electrons. The lowest BCUT2D eigenvalue weighted by molar-refractivity contribution is 0.521. The van der Waals surface area contributed by atoms with E-state index in [1.807, 2.05) is 25.6 Å². The number of nitrogens with one attached hydrogen (secondary N) is 1. The third kappa shape index (κ3) is 2.86. The minimum atomic E-state index is 0.689. The van der Waals surface area contributed by atoms with Crippen molar-refractivity contribution >= 4 is 11.8 Å². The van der Waals surface area contributed by atoms with Gasteiger partial charge in [0, 0.05) is 19.7 Å². The molecular weight excluding hydrogens is 238 g/mol. The smallest absolute Gasteiger partial charge is 0.191 e. The van der Waals surface area contributed by atoms with Crippen molar-refractivity contribution in [3.63, 3.8) is 0 Å². The van der Waals surface area contributed by atoms with Gasteiger partial charge < -0.3 is 14.3 Å². The van der Waals surface area contributed by atoms with Crippen molar-refractivity contribution in [3.8, 4) is 0 Å². The first-order valence-electron chi connectivity index (χ1n) is 5.27. The van der Waals surface area contributed by atoms with E-state index in [1.165, 1.54) is 0 Å². The van der Waals surface area contributed by atoms with Crippen LogP contribution in [0.3, 0.4) is 0 Å². The van der Waals surface area contributed by atoms with Gasteiger partial charge in [-0.05, 0) is 7.05 Å². The highest BCUT2D eigenvalue weighted by Gasteiger charge is 2.09. The Morgan fingerprint density at radius 1 is 1.47 bits per heavy atom. The number of aromatic nitrogens is 4. The Balaban J connectivity index is 1.99. The van der Waals surface area contributed by atoms with Gasteiger partial charge in [0.15, 0.2) is 11.0 Å². The Labute approximate surface area is 104 Å². The molecule has 0 aliphatic carbocycles. The minimum Gasteiger partial charge on any atom is -0.449 e. The van der Waals surface area contributed by atoms with Crippen LogP contribution >= 0.6 is 11.8 Å². The first-order valence-corrected chi connectivity index (χ1v) is 6.26. The second-order valence-electron chi connectivity index (χ2n) is 3.63. The van der Waals surface area contributed by atoms with Gasteiger partial charge in [0.25, 0.3) is 0 Å². The summed E-state index contributed by atoms with van der Waals surface area (Å²) in [6.45, 7) is 2.55. The Morgan fingerprint density at radius 3 is 2.94 bits per heavy atom. The molecule has 0 aliphatic rings. The molecule has 6 nitrogen and oxygen atoms in total. The monoisotopic (exact) mass is 253 g/mol. The highest BCUT2D eigenvalue weighted by molar-refractivity contribution is 7.98. The van der Waals surface area contributed by atoms with Gasteiger partial charge in [0.05, 0.1) is 12.2 Å². The molecule has 0 saturated carbocycles. The van der Waals surface area contributed by atoms with E-state index >= 15 is 0 Å². The molecule has 0 fully saturated rings. The van der Waals surface area contributed by atoms with Crippen LogP contribution in [0.5, 0.6) is 0 Å². The van der Waals surface area contributed by atoms with E-state index in [9.17, 15) is 0 Å². The summed E-state index contributed by atoms with van der Waals surface area (Å²) in [6, 6.07) is 0. The highest BCUT2D eigenvalue weighted by Crippen LogP contribution is 2.20. The lowest BCUT2D eigenvalue weighted by Crippen LogP contribution is -2.10. The van der Waals surface area contributed by atoms with Gasteiger partial charge in [-0.25, -0.2) is 4.98 Å². The number of oxazole rings is 1. The fourth-order valence-electron chi connectivity index (χ4n) is 1.40. The van der Waals surface area contributed by atoms with Crippen molar-refractivity contribution in [1.29, 1.82) is 0 Å². The van der Waals surface area contributed by atoms with E-state index in [1.54, 1.807) is 18.0 Å². The van der Waals surface area contributed by atoms with Crippen molar-refractivity contribution in [3.05, 3.63) is 23.7 Å². The number of thioether (sulfide) groups is 1. The Kier molecular flexibility index (Phi) is 3.80. The van der Waals surface area contributed by atoms with Crippen LogP contribution in [0.25, 0.3) is 0 Å². The zero-order valence-electron chi connectivity index (χ0n) is 10.1. The molecule has 0 aromatic carbocycles. The maximum absolute atomic E-state index is 5.15. The maximum Gasteiger partial charge on any atom is 0.191 e. The SMILES string of the molecule is CNCc1nnc(SCc2coc(C)n2)n1C. The number of rotatable bonds is 5. The molecule has 0 atom stereocenters. The summed E-state index contributed by atoms with van der Waals surface area (Å²) in [6.07, 6.45) is 1.67. The molecule has 0 spiro atoms. The van der Waals surface area contributed by atoms with Crippen LogP contribution in [0, 0.1) is 6.92 Å². The zero-order chi connectivity index (χ0) is 12.3. The van der Waals surface area contributed by atoms with E-state index in [0.717, 1.165) is 22.4 Å². The average Bonchev–Trinajstić information content (AvgIpc) is 2.86. The van der Waals surface area contributed by atoms with Crippen LogP contribution in [0.15, 0.2) is 15.8 Å². The summed E-state index contributed by atoms with van der Waals surface area (Å²) < 4.78 is 7.13. The van der Waals surface area contributed by atoms with Crippen LogP contribution in [-0.2, 0) is 19.3 Å². The molecular formula is C10H15N5OS. The predicted octanol–water partition coefficient (Wildman–Crippen LogP) is 1.12. The second kappa shape index (κ2) is 5.33. The quantitative estimate of drug-likeness (QED) is 0.805. The Hall–Kier alpha value is -1.34. The third-order valence-electron chi connectivity index (χ3n) is 2.28. The summed E-state index contributed by atoms with van der Waals surface area (Å²) in [5.74, 6) is 2.35. The minimum absolute atomic E-state index is 0.689. The van der Waals surface area contributed by atoms with Crippen molar-refractivity contribution in [2.75, 3.05) is 7.05 Å². The van der Waals surface area contributed by atoms with Crippen LogP contribution in [-0.4, -0.2) is 26.8 Å². The molecule has 92 valence electrons. The van der Waals surface area contributed by atoms with Gasteiger partial charge in [0.1, 0.15) is 12.1 Å². The highest BCUT2D eigenvalue weighted by atomic mass is 32.2. The van der Waals surface area contributed by atoms with Crippen molar-refractivity contribution in [1.82, 2.24) is 25.1 Å². The number of aryl methyl sites for hydroxylation is 1. The Bertz CT molecular complexity index is 493. The molecule has 2 rings (SSSR count). The van der Waals surface area contributed by atoms with Gasteiger partial charge in [-0.1, -0.05) is 11.8 Å². The normalized spacial score (nSPS) is 11.0. The first-order chi connectivity index (χ1) is 8.20. The van der Waals surface area contributed by atoms with Gasteiger partial charge in [-0.2, -0.15) is 0 Å². The first kappa shape index (κ1) is 12.1. The van der Waals surface area contributed by atoms with E-state index < -0.39 is 0 Å². The van der Waals surface area contributed by atoms with Crippen LogP contribution in [0.1, 0.15) is 17.4 Å². The largest absolute Gasteiger partial charge is 0.449 e. The lowest BCUT2D eigenvalue weighted by atomic mass is 10.6. The van der Waals surface area contributed by atoms with Crippen molar-refractivity contribution < 1.29 is 4.42 Å². The zero-order valence-corrected chi connectivity index (χ0v) is 10.9. The fourth-order valence-corrected chi connectivity index (χ4v) is 2.20. The number of hydrogen-bond acceptors (Lipinski definition) is 6. The summed E-state index contributed by atoms with van der Waals surface area (Å²) in [4.78, 5) is 4.24. The summed E-state index contributed by atoms with van der Waals surface area (Å²) in [7, 11) is 3.85. The molecule has 1 N–H and O–H groups in total. The molecule has 0 saturated heterocycles. The Morgan fingerprint density at radius 2 is 2.29 bits per heavy atom. The average molecular weight is 253 g/mol.